The van der Waals surface area contributed by atoms with Crippen molar-refractivity contribution in [3.05, 3.63) is 33.8 Å². The van der Waals surface area contributed by atoms with E-state index in [9.17, 15) is 5.11 Å². The number of hydrogen-bond acceptors (Lipinski definition) is 3. The molecular weight excluding hydrogens is 287 g/mol. The Morgan fingerprint density at radius 2 is 1.89 bits per heavy atom. The van der Waals surface area contributed by atoms with Gasteiger partial charge in [0.2, 0.25) is 0 Å². The van der Waals surface area contributed by atoms with Crippen LogP contribution in [0.5, 0.6) is 0 Å². The van der Waals surface area contributed by atoms with Gasteiger partial charge in [-0.1, -0.05) is 49.0 Å². The van der Waals surface area contributed by atoms with Gasteiger partial charge in [0, 0.05) is 22.7 Å². The molecule has 0 unspecified atom stereocenters. The van der Waals surface area contributed by atoms with E-state index < -0.39 is 12.2 Å². The molecule has 2 atom stereocenters. The molecule has 0 fully saturated rings. The van der Waals surface area contributed by atoms with Crippen LogP contribution in [0, 0.1) is 0 Å². The molecule has 0 aliphatic heterocycles. The highest BCUT2D eigenvalue weighted by atomic mass is 35.5. The Morgan fingerprint density at radius 3 is 2.42 bits per heavy atom. The number of methoxy groups -OCH3 is 1. The van der Waals surface area contributed by atoms with E-state index in [-0.39, 0.29) is 6.79 Å². The molecule has 1 rings (SSSR count). The maximum atomic E-state index is 10.3. The highest BCUT2D eigenvalue weighted by Gasteiger charge is 2.26. The van der Waals surface area contributed by atoms with E-state index in [1.54, 1.807) is 18.2 Å². The van der Waals surface area contributed by atoms with Gasteiger partial charge in [0.1, 0.15) is 12.9 Å². The van der Waals surface area contributed by atoms with Gasteiger partial charge in [0.25, 0.3) is 0 Å². The number of ether oxygens (including phenoxy) is 2. The maximum absolute atomic E-state index is 10.3. The number of unbranched alkanes of at least 4 members (excludes halogenated alkanes) is 1. The van der Waals surface area contributed by atoms with E-state index in [0.29, 0.717) is 22.0 Å². The molecule has 0 radical (unpaired) electrons. The average molecular weight is 307 g/mol. The zero-order chi connectivity index (χ0) is 14.3. The first-order valence-electron chi connectivity index (χ1n) is 6.34. The molecule has 19 heavy (non-hydrogen) atoms. The molecule has 1 aromatic rings. The Hall–Kier alpha value is -0.320. The normalized spacial score (nSPS) is 14.4. The fraction of sp³-hybridized carbons (Fsp3) is 0.571. The summed E-state index contributed by atoms with van der Waals surface area (Å²) in [6, 6.07) is 5.23. The monoisotopic (exact) mass is 306 g/mol. The van der Waals surface area contributed by atoms with Crippen molar-refractivity contribution < 1.29 is 14.6 Å². The molecule has 0 aliphatic rings. The molecule has 0 bridgehead atoms. The van der Waals surface area contributed by atoms with E-state index in [1.807, 2.05) is 0 Å². The van der Waals surface area contributed by atoms with Crippen molar-refractivity contribution in [1.29, 1.82) is 0 Å². The molecule has 1 N–H and O–H groups in total. The number of benzene rings is 1. The molecule has 0 heterocycles. The zero-order valence-corrected chi connectivity index (χ0v) is 12.7. The largest absolute Gasteiger partial charge is 0.390 e. The van der Waals surface area contributed by atoms with E-state index in [2.05, 4.69) is 6.92 Å². The summed E-state index contributed by atoms with van der Waals surface area (Å²) in [5, 5.41) is 11.3. The Bertz CT molecular complexity index is 365. The van der Waals surface area contributed by atoms with Gasteiger partial charge in [-0.3, -0.25) is 0 Å². The molecule has 0 saturated heterocycles. The minimum Gasteiger partial charge on any atom is -0.390 e. The second-order valence-corrected chi connectivity index (χ2v) is 5.15. The molecule has 0 aromatic heterocycles. The van der Waals surface area contributed by atoms with Crippen LogP contribution < -0.4 is 0 Å². The van der Waals surface area contributed by atoms with Gasteiger partial charge in [-0.15, -0.1) is 0 Å². The fourth-order valence-corrected chi connectivity index (χ4v) is 2.49. The van der Waals surface area contributed by atoms with Gasteiger partial charge >= 0.3 is 0 Å². The summed E-state index contributed by atoms with van der Waals surface area (Å²) in [4.78, 5) is 0. The number of aliphatic hydroxyl groups excluding tert-OH is 1. The molecule has 108 valence electrons. The quantitative estimate of drug-likeness (QED) is 0.731. The van der Waals surface area contributed by atoms with Crippen molar-refractivity contribution in [2.75, 3.05) is 13.9 Å². The highest BCUT2D eigenvalue weighted by molar-refractivity contribution is 6.36. The zero-order valence-electron chi connectivity index (χ0n) is 11.2. The predicted octanol–water partition coefficient (Wildman–Crippen LogP) is 4.21. The van der Waals surface area contributed by atoms with Crippen molar-refractivity contribution >= 4 is 23.2 Å². The lowest BCUT2D eigenvalue weighted by Crippen LogP contribution is -2.23. The van der Waals surface area contributed by atoms with Gasteiger partial charge in [-0.25, -0.2) is 0 Å². The molecule has 0 saturated carbocycles. The van der Waals surface area contributed by atoms with Crippen LogP contribution in [0.2, 0.25) is 10.0 Å². The summed E-state index contributed by atoms with van der Waals surface area (Å²) < 4.78 is 10.5. The standard InChI is InChI=1S/C14H20Cl2O3/c1-3-4-8-12(17)14(19-9-18-2)13-10(15)6-5-7-11(13)16/h5-7,12,14,17H,3-4,8-9H2,1-2H3/t12-,14+/m1/s1. The number of halogens is 2. The summed E-state index contributed by atoms with van der Waals surface area (Å²) >= 11 is 12.3. The lowest BCUT2D eigenvalue weighted by Gasteiger charge is -2.25. The van der Waals surface area contributed by atoms with E-state index >= 15 is 0 Å². The predicted molar refractivity (Wildman–Crippen MR) is 77.7 cm³/mol. The fourth-order valence-electron chi connectivity index (χ4n) is 1.88. The molecule has 3 nitrogen and oxygen atoms in total. The van der Waals surface area contributed by atoms with Crippen LogP contribution in [-0.2, 0) is 9.47 Å². The Balaban J connectivity index is 2.95. The summed E-state index contributed by atoms with van der Waals surface area (Å²) in [5.74, 6) is 0. The van der Waals surface area contributed by atoms with Crippen LogP contribution in [0.25, 0.3) is 0 Å². The van der Waals surface area contributed by atoms with Crippen molar-refractivity contribution in [2.24, 2.45) is 0 Å². The van der Waals surface area contributed by atoms with Crippen LogP contribution in [0.15, 0.2) is 18.2 Å². The van der Waals surface area contributed by atoms with Gasteiger partial charge < -0.3 is 14.6 Å². The van der Waals surface area contributed by atoms with E-state index in [0.717, 1.165) is 12.8 Å². The summed E-state index contributed by atoms with van der Waals surface area (Å²) in [6.45, 7) is 2.15. The third kappa shape index (κ3) is 4.93. The van der Waals surface area contributed by atoms with Crippen LogP contribution in [0.4, 0.5) is 0 Å². The van der Waals surface area contributed by atoms with Crippen molar-refractivity contribution in [2.45, 2.75) is 38.4 Å². The summed E-state index contributed by atoms with van der Waals surface area (Å²) in [5.41, 5.74) is 0.617. The minimum absolute atomic E-state index is 0.0788. The van der Waals surface area contributed by atoms with Gasteiger partial charge in [-0.2, -0.15) is 0 Å². The molecule has 0 amide bonds. The van der Waals surface area contributed by atoms with Crippen LogP contribution in [0.3, 0.4) is 0 Å². The van der Waals surface area contributed by atoms with Crippen molar-refractivity contribution in [3.8, 4) is 0 Å². The first kappa shape index (κ1) is 16.7. The molecule has 0 aliphatic carbocycles. The van der Waals surface area contributed by atoms with Crippen molar-refractivity contribution in [1.82, 2.24) is 0 Å². The number of rotatable bonds is 8. The summed E-state index contributed by atoms with van der Waals surface area (Å²) in [6.07, 6.45) is 1.31. The van der Waals surface area contributed by atoms with Crippen molar-refractivity contribution in [3.63, 3.8) is 0 Å². The third-order valence-corrected chi connectivity index (χ3v) is 3.51. The summed E-state index contributed by atoms with van der Waals surface area (Å²) in [7, 11) is 1.53. The minimum atomic E-state index is -0.660. The lowest BCUT2D eigenvalue weighted by atomic mass is 10.00. The topological polar surface area (TPSA) is 38.7 Å². The van der Waals surface area contributed by atoms with Gasteiger partial charge in [-0.05, 0) is 18.6 Å². The Kier molecular flexibility index (Phi) is 7.73. The molecule has 5 heteroatoms. The van der Waals surface area contributed by atoms with E-state index in [1.165, 1.54) is 7.11 Å². The Morgan fingerprint density at radius 1 is 1.26 bits per heavy atom. The van der Waals surface area contributed by atoms with E-state index in [4.69, 9.17) is 32.7 Å². The lowest BCUT2D eigenvalue weighted by molar-refractivity contribution is -0.116. The third-order valence-electron chi connectivity index (χ3n) is 2.85. The maximum Gasteiger partial charge on any atom is 0.147 e. The molecular formula is C14H20Cl2O3. The van der Waals surface area contributed by atoms with Crippen LogP contribution >= 0.6 is 23.2 Å². The smallest absolute Gasteiger partial charge is 0.147 e. The molecule has 0 spiro atoms. The Labute approximate surface area is 124 Å². The second-order valence-electron chi connectivity index (χ2n) is 4.34. The average Bonchev–Trinajstić information content (AvgIpc) is 2.39. The number of hydrogen-bond donors (Lipinski definition) is 1. The molecule has 1 aromatic carbocycles. The SMILES string of the molecule is CCCC[C@@H](O)[C@H](OCOC)c1c(Cl)cccc1Cl. The van der Waals surface area contributed by atoms with Gasteiger partial charge in [0.05, 0.1) is 6.10 Å². The second kappa shape index (κ2) is 8.77. The highest BCUT2D eigenvalue weighted by Crippen LogP contribution is 2.35. The first-order valence-corrected chi connectivity index (χ1v) is 7.09. The number of aliphatic hydroxyl groups is 1. The first-order chi connectivity index (χ1) is 9.11. The van der Waals surface area contributed by atoms with Crippen LogP contribution in [0.1, 0.15) is 37.9 Å². The van der Waals surface area contributed by atoms with Crippen LogP contribution in [-0.4, -0.2) is 25.1 Å². The van der Waals surface area contributed by atoms with Gasteiger partial charge in [0.15, 0.2) is 0 Å².